The molecular formula is C12H15Cl2N3O2. The second-order valence-corrected chi connectivity index (χ2v) is 3.44. The molecule has 104 valence electrons. The van der Waals surface area contributed by atoms with Gasteiger partial charge < -0.3 is 0 Å². The number of aromatic nitrogens is 2. The van der Waals surface area contributed by atoms with E-state index in [0.29, 0.717) is 10.9 Å². The van der Waals surface area contributed by atoms with Crippen molar-refractivity contribution in [2.24, 2.45) is 0 Å². The number of fused-ring (bicyclic) bond motifs is 1. The number of non-ortho nitro benzene ring substituents is 1. The molecule has 1 aromatic heterocycles. The molecule has 0 unspecified atom stereocenters. The molecule has 7 heteroatoms. The number of benzene rings is 1. The summed E-state index contributed by atoms with van der Waals surface area (Å²) in [6.45, 7) is 8.00. The maximum absolute atomic E-state index is 10.5. The van der Waals surface area contributed by atoms with Gasteiger partial charge in [-0.25, -0.2) is 9.97 Å². The molecule has 2 rings (SSSR count). The van der Waals surface area contributed by atoms with Gasteiger partial charge in [0.1, 0.15) is 5.15 Å². The van der Waals surface area contributed by atoms with Crippen LogP contribution in [0, 0.1) is 10.1 Å². The van der Waals surface area contributed by atoms with Crippen LogP contribution in [0.25, 0.3) is 10.9 Å². The quantitative estimate of drug-likeness (QED) is 0.325. The zero-order valence-electron chi connectivity index (χ0n) is 11.1. The largest absolute Gasteiger partial charge is 0.270 e. The Morgan fingerprint density at radius 1 is 1.11 bits per heavy atom. The molecule has 0 aliphatic heterocycles. The lowest BCUT2D eigenvalue weighted by molar-refractivity contribution is -0.384. The lowest BCUT2D eigenvalue weighted by Crippen LogP contribution is -1.90. The monoisotopic (exact) mass is 303 g/mol. The third-order valence-corrected chi connectivity index (χ3v) is 2.27. The Balaban J connectivity index is 0.000000741. The molecule has 0 spiro atoms. The first kappa shape index (κ1) is 17.5. The normalized spacial score (nSPS) is 8.95. The Kier molecular flexibility index (Phi) is 7.95. The van der Waals surface area contributed by atoms with Crippen molar-refractivity contribution >= 4 is 39.8 Å². The minimum absolute atomic E-state index is 0.0151. The molecule has 0 N–H and O–H groups in total. The van der Waals surface area contributed by atoms with E-state index in [0.717, 1.165) is 0 Å². The Labute approximate surface area is 121 Å². The van der Waals surface area contributed by atoms with Gasteiger partial charge in [0.15, 0.2) is 0 Å². The zero-order valence-corrected chi connectivity index (χ0v) is 12.7. The summed E-state index contributed by atoms with van der Waals surface area (Å²) in [4.78, 5) is 17.6. The van der Waals surface area contributed by atoms with Gasteiger partial charge >= 0.3 is 0 Å². The number of hydrogen-bond donors (Lipinski definition) is 0. The second-order valence-electron chi connectivity index (χ2n) is 2.74. The number of hydrogen-bond acceptors (Lipinski definition) is 4. The number of nitro benzene ring substituents is 1. The average molecular weight is 304 g/mol. The molecule has 0 saturated carbocycles. The maximum Gasteiger partial charge on any atom is 0.270 e. The predicted octanol–water partition coefficient (Wildman–Crippen LogP) is 4.90. The van der Waals surface area contributed by atoms with Gasteiger partial charge in [0.2, 0.25) is 5.28 Å². The van der Waals surface area contributed by atoms with Crippen LogP contribution in [0.3, 0.4) is 0 Å². The standard InChI is InChI=1S/C8H3Cl2N3O2.2C2H6/c9-7-5-3-4(13(14)15)1-2-6(5)11-8(10)12-7;2*1-2/h1-3H;2*1-2H3. The van der Waals surface area contributed by atoms with Crippen LogP contribution in [-0.4, -0.2) is 14.9 Å². The minimum atomic E-state index is -0.510. The van der Waals surface area contributed by atoms with Gasteiger partial charge in [-0.15, -0.1) is 0 Å². The Morgan fingerprint density at radius 2 is 1.68 bits per heavy atom. The number of halogens is 2. The van der Waals surface area contributed by atoms with Gasteiger partial charge in [-0.2, -0.15) is 0 Å². The van der Waals surface area contributed by atoms with E-state index in [-0.39, 0.29) is 16.1 Å². The Hall–Kier alpha value is -1.46. The third-order valence-electron chi connectivity index (χ3n) is 1.82. The zero-order chi connectivity index (χ0) is 15.0. The summed E-state index contributed by atoms with van der Waals surface area (Å²) in [5.41, 5.74) is 0.418. The van der Waals surface area contributed by atoms with Crippen molar-refractivity contribution in [2.45, 2.75) is 27.7 Å². The molecule has 0 aliphatic rings. The summed E-state index contributed by atoms with van der Waals surface area (Å²) in [5, 5.41) is 11.1. The fourth-order valence-corrected chi connectivity index (χ4v) is 1.62. The van der Waals surface area contributed by atoms with Gasteiger partial charge in [0.05, 0.1) is 10.4 Å². The smallest absolute Gasteiger partial charge is 0.258 e. The topological polar surface area (TPSA) is 68.9 Å². The van der Waals surface area contributed by atoms with Crippen molar-refractivity contribution < 1.29 is 4.92 Å². The highest BCUT2D eigenvalue weighted by atomic mass is 35.5. The first-order valence-electron chi connectivity index (χ1n) is 5.85. The third kappa shape index (κ3) is 4.61. The van der Waals surface area contributed by atoms with Crippen LogP contribution < -0.4 is 0 Å². The predicted molar refractivity (Wildman–Crippen MR) is 78.9 cm³/mol. The molecule has 5 nitrogen and oxygen atoms in total. The molecule has 0 saturated heterocycles. The first-order chi connectivity index (χ1) is 9.08. The van der Waals surface area contributed by atoms with Gasteiger partial charge in [0.25, 0.3) is 5.69 Å². The lowest BCUT2D eigenvalue weighted by atomic mass is 10.2. The van der Waals surface area contributed by atoms with Crippen LogP contribution in [-0.2, 0) is 0 Å². The number of nitrogens with zero attached hydrogens (tertiary/aromatic N) is 3. The fraction of sp³-hybridized carbons (Fsp3) is 0.333. The molecule has 0 fully saturated rings. The second kappa shape index (κ2) is 8.61. The Morgan fingerprint density at radius 3 is 2.21 bits per heavy atom. The summed E-state index contributed by atoms with van der Waals surface area (Å²) < 4.78 is 0. The fourth-order valence-electron chi connectivity index (χ4n) is 1.17. The highest BCUT2D eigenvalue weighted by Crippen LogP contribution is 2.25. The van der Waals surface area contributed by atoms with Gasteiger partial charge in [0, 0.05) is 17.5 Å². The van der Waals surface area contributed by atoms with Crippen molar-refractivity contribution in [3.8, 4) is 0 Å². The molecule has 0 bridgehead atoms. The van der Waals surface area contributed by atoms with E-state index in [9.17, 15) is 10.1 Å². The summed E-state index contributed by atoms with van der Waals surface area (Å²) in [6, 6.07) is 4.13. The van der Waals surface area contributed by atoms with Crippen molar-refractivity contribution in [2.75, 3.05) is 0 Å². The molecule has 1 aromatic carbocycles. The molecular weight excluding hydrogens is 289 g/mol. The number of rotatable bonds is 1. The van der Waals surface area contributed by atoms with E-state index < -0.39 is 4.92 Å². The van der Waals surface area contributed by atoms with Crippen molar-refractivity contribution in [3.05, 3.63) is 38.8 Å². The summed E-state index contributed by atoms with van der Waals surface area (Å²) >= 11 is 11.4. The molecule has 0 radical (unpaired) electrons. The molecule has 0 amide bonds. The van der Waals surface area contributed by atoms with Gasteiger partial charge in [-0.1, -0.05) is 39.3 Å². The van der Waals surface area contributed by atoms with Crippen LogP contribution in [0.2, 0.25) is 10.4 Å². The Bertz CT molecular complexity index is 562. The average Bonchev–Trinajstić information content (AvgIpc) is 2.42. The molecule has 1 heterocycles. The molecule has 0 atom stereocenters. The van der Waals surface area contributed by atoms with Gasteiger partial charge in [-0.3, -0.25) is 10.1 Å². The highest BCUT2D eigenvalue weighted by molar-refractivity contribution is 6.35. The first-order valence-corrected chi connectivity index (χ1v) is 6.61. The highest BCUT2D eigenvalue weighted by Gasteiger charge is 2.10. The van der Waals surface area contributed by atoms with Crippen LogP contribution >= 0.6 is 23.2 Å². The molecule has 0 aliphatic carbocycles. The van der Waals surface area contributed by atoms with Crippen LogP contribution in [0.1, 0.15) is 27.7 Å². The summed E-state index contributed by atoms with van der Waals surface area (Å²) in [5.74, 6) is 0. The van der Waals surface area contributed by atoms with Crippen LogP contribution in [0.15, 0.2) is 18.2 Å². The van der Waals surface area contributed by atoms with E-state index in [4.69, 9.17) is 23.2 Å². The number of nitro groups is 1. The van der Waals surface area contributed by atoms with Crippen molar-refractivity contribution in [1.82, 2.24) is 9.97 Å². The molecule has 2 aromatic rings. The van der Waals surface area contributed by atoms with E-state index in [1.54, 1.807) is 0 Å². The minimum Gasteiger partial charge on any atom is -0.258 e. The van der Waals surface area contributed by atoms with Crippen LogP contribution in [0.5, 0.6) is 0 Å². The van der Waals surface area contributed by atoms with Gasteiger partial charge in [-0.05, 0) is 17.7 Å². The van der Waals surface area contributed by atoms with Crippen molar-refractivity contribution in [3.63, 3.8) is 0 Å². The van der Waals surface area contributed by atoms with E-state index in [1.807, 2.05) is 27.7 Å². The summed E-state index contributed by atoms with van der Waals surface area (Å²) in [7, 11) is 0. The summed E-state index contributed by atoms with van der Waals surface area (Å²) in [6.07, 6.45) is 0. The van der Waals surface area contributed by atoms with E-state index in [1.165, 1.54) is 18.2 Å². The van der Waals surface area contributed by atoms with E-state index >= 15 is 0 Å². The van der Waals surface area contributed by atoms with Crippen LogP contribution in [0.4, 0.5) is 5.69 Å². The SMILES string of the molecule is CC.CC.O=[N+]([O-])c1ccc2nc(Cl)nc(Cl)c2c1. The maximum atomic E-state index is 10.5. The van der Waals surface area contributed by atoms with Crippen molar-refractivity contribution in [1.29, 1.82) is 0 Å². The molecule has 19 heavy (non-hydrogen) atoms. The lowest BCUT2D eigenvalue weighted by Gasteiger charge is -1.99. The van der Waals surface area contributed by atoms with E-state index in [2.05, 4.69) is 9.97 Å².